The van der Waals surface area contributed by atoms with E-state index in [9.17, 15) is 5.11 Å². The number of aliphatic hydroxyl groups is 1. The topological polar surface area (TPSA) is 29.5 Å². The highest BCUT2D eigenvalue weighted by atomic mass is 79.9. The Balaban J connectivity index is 2.48. The van der Waals surface area contributed by atoms with Crippen LogP contribution in [0.2, 0.25) is 0 Å². The maximum Gasteiger partial charge on any atom is 0.122 e. The third-order valence-electron chi connectivity index (χ3n) is 3.34. The van der Waals surface area contributed by atoms with Crippen LogP contribution in [-0.2, 0) is 0 Å². The van der Waals surface area contributed by atoms with E-state index < -0.39 is 6.10 Å². The molecule has 2 nitrogen and oxygen atoms in total. The molecule has 0 bridgehead atoms. The van der Waals surface area contributed by atoms with E-state index in [0.717, 1.165) is 36.9 Å². The molecule has 0 saturated carbocycles. The van der Waals surface area contributed by atoms with Gasteiger partial charge < -0.3 is 9.84 Å². The molecule has 0 aliphatic carbocycles. The maximum absolute atomic E-state index is 10.6. The number of rotatable bonds is 3. The lowest BCUT2D eigenvalue weighted by molar-refractivity contribution is 0.218. The second kappa shape index (κ2) is 6.29. The molecule has 2 aromatic carbocycles. The van der Waals surface area contributed by atoms with Crippen molar-refractivity contribution in [2.75, 3.05) is 7.11 Å². The van der Waals surface area contributed by atoms with Gasteiger partial charge in [-0.15, -0.1) is 0 Å². The van der Waals surface area contributed by atoms with E-state index in [-0.39, 0.29) is 0 Å². The second-order valence-corrected chi connectivity index (χ2v) is 6.52. The molecular weight excluding hydrogens is 384 g/mol. The Hall–Kier alpha value is -0.840. The van der Waals surface area contributed by atoms with Gasteiger partial charge in [0.15, 0.2) is 0 Å². The first-order chi connectivity index (χ1) is 9.43. The molecule has 0 radical (unpaired) electrons. The van der Waals surface area contributed by atoms with Crippen molar-refractivity contribution in [1.29, 1.82) is 0 Å². The normalized spacial score (nSPS) is 12.3. The largest absolute Gasteiger partial charge is 0.496 e. The van der Waals surface area contributed by atoms with Crippen LogP contribution in [0.3, 0.4) is 0 Å². The van der Waals surface area contributed by atoms with Crippen LogP contribution in [0.1, 0.15) is 28.4 Å². The molecule has 0 heterocycles. The van der Waals surface area contributed by atoms with Gasteiger partial charge in [0, 0.05) is 8.95 Å². The predicted molar refractivity (Wildman–Crippen MR) is 88.4 cm³/mol. The molecule has 2 aromatic rings. The molecule has 0 fully saturated rings. The molecule has 0 spiro atoms. The van der Waals surface area contributed by atoms with Crippen molar-refractivity contribution < 1.29 is 9.84 Å². The van der Waals surface area contributed by atoms with E-state index in [1.54, 1.807) is 7.11 Å². The number of hydrogen-bond donors (Lipinski definition) is 1. The molecule has 0 saturated heterocycles. The number of hydrogen-bond acceptors (Lipinski definition) is 2. The van der Waals surface area contributed by atoms with Crippen LogP contribution >= 0.6 is 31.9 Å². The minimum Gasteiger partial charge on any atom is -0.496 e. The van der Waals surface area contributed by atoms with Crippen molar-refractivity contribution in [3.8, 4) is 5.75 Å². The SMILES string of the molecule is COc1cc(C)c(C(O)c2ccc(Br)cc2Br)cc1C. The number of aliphatic hydroxyl groups excluding tert-OH is 1. The second-order valence-electron chi connectivity index (χ2n) is 4.75. The summed E-state index contributed by atoms with van der Waals surface area (Å²) in [6.45, 7) is 3.96. The Bertz CT molecular complexity index is 639. The maximum atomic E-state index is 10.6. The van der Waals surface area contributed by atoms with E-state index in [1.165, 1.54) is 0 Å². The molecule has 20 heavy (non-hydrogen) atoms. The van der Waals surface area contributed by atoms with Crippen molar-refractivity contribution in [3.05, 3.63) is 61.5 Å². The van der Waals surface area contributed by atoms with Gasteiger partial charge in [0.25, 0.3) is 0 Å². The van der Waals surface area contributed by atoms with Gasteiger partial charge in [-0.2, -0.15) is 0 Å². The van der Waals surface area contributed by atoms with Gasteiger partial charge in [0.1, 0.15) is 11.9 Å². The summed E-state index contributed by atoms with van der Waals surface area (Å²) in [5, 5.41) is 10.6. The number of aryl methyl sites for hydroxylation is 2. The standard InChI is InChI=1S/C16H16Br2O2/c1-9-7-15(20-3)10(2)6-13(9)16(19)12-5-4-11(17)8-14(12)18/h4-8,16,19H,1-3H3. The van der Waals surface area contributed by atoms with Crippen LogP contribution < -0.4 is 4.74 Å². The lowest BCUT2D eigenvalue weighted by Gasteiger charge is -2.18. The van der Waals surface area contributed by atoms with E-state index in [0.29, 0.717) is 0 Å². The van der Waals surface area contributed by atoms with Crippen molar-refractivity contribution >= 4 is 31.9 Å². The molecule has 0 aliphatic heterocycles. The molecule has 0 amide bonds. The van der Waals surface area contributed by atoms with Crippen LogP contribution in [0, 0.1) is 13.8 Å². The van der Waals surface area contributed by atoms with Gasteiger partial charge >= 0.3 is 0 Å². The number of halogens is 2. The fraction of sp³-hybridized carbons (Fsp3) is 0.250. The molecular formula is C16H16Br2O2. The molecule has 0 aliphatic rings. The highest BCUT2D eigenvalue weighted by Crippen LogP contribution is 2.34. The van der Waals surface area contributed by atoms with Gasteiger partial charge in [-0.3, -0.25) is 0 Å². The van der Waals surface area contributed by atoms with E-state index in [2.05, 4.69) is 31.9 Å². The lowest BCUT2D eigenvalue weighted by Crippen LogP contribution is -2.04. The van der Waals surface area contributed by atoms with E-state index >= 15 is 0 Å². The summed E-state index contributed by atoms with van der Waals surface area (Å²) in [5.74, 6) is 0.841. The molecule has 1 unspecified atom stereocenters. The van der Waals surface area contributed by atoms with Crippen molar-refractivity contribution in [2.24, 2.45) is 0 Å². The van der Waals surface area contributed by atoms with Crippen molar-refractivity contribution in [1.82, 2.24) is 0 Å². The van der Waals surface area contributed by atoms with Gasteiger partial charge in [0.2, 0.25) is 0 Å². The Labute approximate surface area is 136 Å². The van der Waals surface area contributed by atoms with Crippen molar-refractivity contribution in [3.63, 3.8) is 0 Å². The Kier molecular flexibility index (Phi) is 4.89. The van der Waals surface area contributed by atoms with Crippen LogP contribution in [0.15, 0.2) is 39.3 Å². The van der Waals surface area contributed by atoms with Crippen LogP contribution in [-0.4, -0.2) is 12.2 Å². The number of ether oxygens (including phenoxy) is 1. The third kappa shape index (κ3) is 3.08. The van der Waals surface area contributed by atoms with Crippen LogP contribution in [0.5, 0.6) is 5.75 Å². The minimum absolute atomic E-state index is 0.665. The molecule has 106 valence electrons. The fourth-order valence-corrected chi connectivity index (χ4v) is 3.48. The first kappa shape index (κ1) is 15.5. The van der Waals surface area contributed by atoms with E-state index in [1.807, 2.05) is 44.2 Å². The summed E-state index contributed by atoms with van der Waals surface area (Å²) < 4.78 is 7.17. The summed E-state index contributed by atoms with van der Waals surface area (Å²) in [7, 11) is 1.66. The zero-order chi connectivity index (χ0) is 14.9. The lowest BCUT2D eigenvalue weighted by atomic mass is 9.95. The average molecular weight is 400 g/mol. The van der Waals surface area contributed by atoms with Gasteiger partial charge in [-0.1, -0.05) is 37.9 Å². The summed E-state index contributed by atoms with van der Waals surface area (Å²) in [6, 6.07) is 9.71. The summed E-state index contributed by atoms with van der Waals surface area (Å²) in [6.07, 6.45) is -0.665. The molecule has 2 rings (SSSR count). The molecule has 0 aromatic heterocycles. The predicted octanol–water partition coefficient (Wildman–Crippen LogP) is 4.92. The summed E-state index contributed by atoms with van der Waals surface area (Å²) in [4.78, 5) is 0. The number of methoxy groups -OCH3 is 1. The Morgan fingerprint density at radius 2 is 1.70 bits per heavy atom. The zero-order valence-corrected chi connectivity index (χ0v) is 14.7. The first-order valence-electron chi connectivity index (χ1n) is 6.22. The fourth-order valence-electron chi connectivity index (χ4n) is 2.22. The Morgan fingerprint density at radius 3 is 2.30 bits per heavy atom. The van der Waals surface area contributed by atoms with E-state index in [4.69, 9.17) is 4.74 Å². The molecule has 1 N–H and O–H groups in total. The van der Waals surface area contributed by atoms with Crippen LogP contribution in [0.4, 0.5) is 0 Å². The first-order valence-corrected chi connectivity index (χ1v) is 7.80. The Morgan fingerprint density at radius 1 is 1.00 bits per heavy atom. The summed E-state index contributed by atoms with van der Waals surface area (Å²) in [5.41, 5.74) is 3.77. The monoisotopic (exact) mass is 398 g/mol. The minimum atomic E-state index is -0.665. The van der Waals surface area contributed by atoms with Gasteiger partial charge in [0.05, 0.1) is 7.11 Å². The van der Waals surface area contributed by atoms with Gasteiger partial charge in [-0.05, 0) is 60.4 Å². The van der Waals surface area contributed by atoms with Crippen LogP contribution in [0.25, 0.3) is 0 Å². The zero-order valence-electron chi connectivity index (χ0n) is 11.6. The third-order valence-corrected chi connectivity index (χ3v) is 4.52. The average Bonchev–Trinajstić information content (AvgIpc) is 2.40. The smallest absolute Gasteiger partial charge is 0.122 e. The number of benzene rings is 2. The summed E-state index contributed by atoms with van der Waals surface area (Å²) >= 11 is 6.92. The molecule has 4 heteroatoms. The van der Waals surface area contributed by atoms with Crippen molar-refractivity contribution in [2.45, 2.75) is 20.0 Å². The quantitative estimate of drug-likeness (QED) is 0.793. The highest BCUT2D eigenvalue weighted by molar-refractivity contribution is 9.11. The highest BCUT2D eigenvalue weighted by Gasteiger charge is 2.17. The molecule has 1 atom stereocenters. The van der Waals surface area contributed by atoms with Gasteiger partial charge in [-0.25, -0.2) is 0 Å².